The molecule has 0 saturated heterocycles. The molecule has 1 aliphatic rings. The van der Waals surface area contributed by atoms with E-state index in [1.54, 1.807) is 6.20 Å². The van der Waals surface area contributed by atoms with Crippen LogP contribution in [0.5, 0.6) is 5.75 Å². The van der Waals surface area contributed by atoms with Crippen molar-refractivity contribution in [3.63, 3.8) is 0 Å². The van der Waals surface area contributed by atoms with E-state index in [-0.39, 0.29) is 18.5 Å². The summed E-state index contributed by atoms with van der Waals surface area (Å²) in [7, 11) is 0. The molecule has 1 aliphatic carbocycles. The number of amides is 2. The van der Waals surface area contributed by atoms with E-state index in [9.17, 15) is 9.59 Å². The molecule has 0 bridgehead atoms. The Morgan fingerprint density at radius 1 is 1.25 bits per heavy atom. The largest absolute Gasteiger partial charge is 0.494 e. The van der Waals surface area contributed by atoms with Gasteiger partial charge in [-0.15, -0.1) is 11.8 Å². The number of carbonyl (C=O) groups is 2. The third kappa shape index (κ3) is 8.02. The van der Waals surface area contributed by atoms with E-state index in [0.717, 1.165) is 42.1 Å². The molecular weight excluding hydrogens is 446 g/mol. The molecule has 1 aromatic heterocycles. The third-order valence-electron chi connectivity index (χ3n) is 5.50. The first-order valence-corrected chi connectivity index (χ1v) is 12.9. The summed E-state index contributed by atoms with van der Waals surface area (Å²) < 4.78 is 6.70. The summed E-state index contributed by atoms with van der Waals surface area (Å²) in [5, 5.41) is 12.3. The van der Waals surface area contributed by atoms with Crippen LogP contribution >= 0.6 is 23.1 Å². The molecule has 32 heavy (non-hydrogen) atoms. The minimum Gasteiger partial charge on any atom is -0.494 e. The zero-order chi connectivity index (χ0) is 22.8. The lowest BCUT2D eigenvalue weighted by Crippen LogP contribution is -2.45. The summed E-state index contributed by atoms with van der Waals surface area (Å²) >= 11 is 2.82. The first kappa shape index (κ1) is 24.4. The Bertz CT molecular complexity index is 854. The second kappa shape index (κ2) is 12.7. The maximum atomic E-state index is 13.1. The average molecular weight is 478 g/mol. The molecule has 0 radical (unpaired) electrons. The topological polar surface area (TPSA) is 91.8 Å². The summed E-state index contributed by atoms with van der Waals surface area (Å²) in [5.41, 5.74) is 0. The molecule has 1 aromatic carbocycles. The van der Waals surface area contributed by atoms with Crippen molar-refractivity contribution in [3.05, 3.63) is 36.5 Å². The monoisotopic (exact) mass is 477 g/mol. The number of hydrogen-bond donors (Lipinski definition) is 2. The molecule has 2 N–H and O–H groups in total. The Morgan fingerprint density at radius 3 is 2.72 bits per heavy atom. The maximum Gasteiger partial charge on any atom is 0.323 e. The Labute approximate surface area is 197 Å². The number of carboxylic acid groups (broad SMARTS) is 1. The van der Waals surface area contributed by atoms with E-state index in [1.165, 1.54) is 23.1 Å². The van der Waals surface area contributed by atoms with Crippen molar-refractivity contribution >= 4 is 40.2 Å². The smallest absolute Gasteiger partial charge is 0.323 e. The zero-order valence-corrected chi connectivity index (χ0v) is 20.0. The summed E-state index contributed by atoms with van der Waals surface area (Å²) in [6.07, 6.45) is 6.84. The molecular formula is C23H31N3O4S2. The lowest BCUT2D eigenvalue weighted by Gasteiger charge is -2.36. The van der Waals surface area contributed by atoms with Gasteiger partial charge in [-0.2, -0.15) is 0 Å². The molecule has 0 atom stereocenters. The Balaban J connectivity index is 1.54. The molecule has 174 valence electrons. The van der Waals surface area contributed by atoms with Crippen LogP contribution in [0.1, 0.15) is 45.4 Å². The number of urea groups is 1. The van der Waals surface area contributed by atoms with E-state index in [0.29, 0.717) is 30.0 Å². The highest BCUT2D eigenvalue weighted by Crippen LogP contribution is 2.30. The van der Waals surface area contributed by atoms with Crippen LogP contribution in [0.2, 0.25) is 0 Å². The van der Waals surface area contributed by atoms with Crippen LogP contribution in [0.25, 0.3) is 0 Å². The molecule has 0 unspecified atom stereocenters. The SMILES string of the molecule is CC1CCC(N(CCCOc2ccccc2)C(=O)Nc2ncc(SCCC(=O)O)s2)CC1. The van der Waals surface area contributed by atoms with Crippen LogP contribution < -0.4 is 10.1 Å². The van der Waals surface area contributed by atoms with E-state index in [4.69, 9.17) is 9.84 Å². The molecule has 1 fully saturated rings. The predicted molar refractivity (Wildman–Crippen MR) is 129 cm³/mol. The number of carboxylic acids is 1. The van der Waals surface area contributed by atoms with Crippen molar-refractivity contribution in [3.8, 4) is 5.75 Å². The van der Waals surface area contributed by atoms with Gasteiger partial charge in [0.15, 0.2) is 5.13 Å². The summed E-state index contributed by atoms with van der Waals surface area (Å²) in [4.78, 5) is 30.0. The minimum atomic E-state index is -0.816. The van der Waals surface area contributed by atoms with Gasteiger partial charge in [0, 0.05) is 18.3 Å². The average Bonchev–Trinajstić information content (AvgIpc) is 3.22. The molecule has 2 amide bonds. The van der Waals surface area contributed by atoms with Crippen LogP contribution in [-0.4, -0.2) is 51.9 Å². The molecule has 1 saturated carbocycles. The second-order valence-electron chi connectivity index (χ2n) is 8.03. The zero-order valence-electron chi connectivity index (χ0n) is 18.4. The first-order valence-electron chi connectivity index (χ1n) is 11.1. The van der Waals surface area contributed by atoms with Crippen molar-refractivity contribution in [2.45, 2.75) is 55.7 Å². The first-order chi connectivity index (χ1) is 15.5. The van der Waals surface area contributed by atoms with Crippen molar-refractivity contribution in [2.75, 3.05) is 24.2 Å². The maximum absolute atomic E-state index is 13.1. The second-order valence-corrected chi connectivity index (χ2v) is 10.5. The summed E-state index contributed by atoms with van der Waals surface area (Å²) in [6.45, 7) is 3.45. The van der Waals surface area contributed by atoms with Crippen LogP contribution in [-0.2, 0) is 4.79 Å². The molecule has 0 aliphatic heterocycles. The van der Waals surface area contributed by atoms with Crippen LogP contribution in [0.3, 0.4) is 0 Å². The van der Waals surface area contributed by atoms with E-state index in [2.05, 4.69) is 17.2 Å². The fourth-order valence-corrected chi connectivity index (χ4v) is 5.60. The minimum absolute atomic E-state index is 0.100. The van der Waals surface area contributed by atoms with Crippen molar-refractivity contribution in [1.82, 2.24) is 9.88 Å². The normalized spacial score (nSPS) is 18.2. The number of para-hydroxylation sites is 1. The van der Waals surface area contributed by atoms with E-state index >= 15 is 0 Å². The highest BCUT2D eigenvalue weighted by molar-refractivity contribution is 8.01. The number of benzene rings is 1. The van der Waals surface area contributed by atoms with Gasteiger partial charge in [0.05, 0.1) is 23.4 Å². The Morgan fingerprint density at radius 2 is 2.00 bits per heavy atom. The van der Waals surface area contributed by atoms with Gasteiger partial charge in [0.1, 0.15) is 5.75 Å². The van der Waals surface area contributed by atoms with Crippen molar-refractivity contribution in [1.29, 1.82) is 0 Å². The number of carbonyl (C=O) groups excluding carboxylic acids is 1. The number of nitrogens with one attached hydrogen (secondary N) is 1. The van der Waals surface area contributed by atoms with E-state index in [1.807, 2.05) is 35.2 Å². The number of thioether (sulfide) groups is 1. The fourth-order valence-electron chi connectivity index (χ4n) is 3.73. The molecule has 3 rings (SSSR count). The predicted octanol–water partition coefficient (Wildman–Crippen LogP) is 5.59. The fraction of sp³-hybridized carbons (Fsp3) is 0.522. The number of aromatic nitrogens is 1. The Kier molecular flexibility index (Phi) is 9.67. The quantitative estimate of drug-likeness (QED) is 0.324. The highest BCUT2D eigenvalue weighted by Gasteiger charge is 2.28. The van der Waals surface area contributed by atoms with Gasteiger partial charge in [-0.3, -0.25) is 10.1 Å². The van der Waals surface area contributed by atoms with Crippen LogP contribution in [0.4, 0.5) is 9.93 Å². The number of aliphatic carboxylic acids is 1. The van der Waals surface area contributed by atoms with Gasteiger partial charge in [-0.1, -0.05) is 36.5 Å². The standard InChI is InChI=1S/C23H31N3O4S2/c1-17-8-10-18(11-9-17)26(13-5-14-30-19-6-3-2-4-7-19)23(29)25-22-24-16-21(32-22)31-15-12-20(27)28/h2-4,6-7,16-18H,5,8-15H2,1H3,(H,27,28)(H,24,25,29). The lowest BCUT2D eigenvalue weighted by atomic mass is 9.86. The van der Waals surface area contributed by atoms with Gasteiger partial charge in [0.2, 0.25) is 0 Å². The van der Waals surface area contributed by atoms with Crippen LogP contribution in [0, 0.1) is 5.92 Å². The number of thiazole rings is 1. The molecule has 9 heteroatoms. The number of rotatable bonds is 11. The van der Waals surface area contributed by atoms with Gasteiger partial charge < -0.3 is 14.7 Å². The van der Waals surface area contributed by atoms with Crippen LogP contribution in [0.15, 0.2) is 40.7 Å². The van der Waals surface area contributed by atoms with Crippen molar-refractivity contribution in [2.24, 2.45) is 5.92 Å². The molecule has 2 aromatic rings. The van der Waals surface area contributed by atoms with Crippen molar-refractivity contribution < 1.29 is 19.4 Å². The number of nitrogens with zero attached hydrogens (tertiary/aromatic N) is 2. The summed E-state index contributed by atoms with van der Waals surface area (Å²) in [5.74, 6) is 1.22. The number of hydrogen-bond acceptors (Lipinski definition) is 6. The van der Waals surface area contributed by atoms with Gasteiger partial charge in [-0.05, 0) is 50.2 Å². The summed E-state index contributed by atoms with van der Waals surface area (Å²) in [6, 6.07) is 9.81. The van der Waals surface area contributed by atoms with Gasteiger partial charge >= 0.3 is 12.0 Å². The molecule has 1 heterocycles. The van der Waals surface area contributed by atoms with Gasteiger partial charge in [-0.25, -0.2) is 9.78 Å². The number of anilines is 1. The Hall–Kier alpha value is -2.26. The highest BCUT2D eigenvalue weighted by atomic mass is 32.2. The lowest BCUT2D eigenvalue weighted by molar-refractivity contribution is -0.136. The van der Waals surface area contributed by atoms with E-state index < -0.39 is 5.97 Å². The third-order valence-corrected chi connectivity index (χ3v) is 7.61. The molecule has 7 nitrogen and oxygen atoms in total. The number of ether oxygens (including phenoxy) is 1. The van der Waals surface area contributed by atoms with Gasteiger partial charge in [0.25, 0.3) is 0 Å². The molecule has 0 spiro atoms.